The van der Waals surface area contributed by atoms with Crippen LogP contribution in [0.3, 0.4) is 0 Å². The maximum absolute atomic E-state index is 12.1. The summed E-state index contributed by atoms with van der Waals surface area (Å²) in [6.45, 7) is 7.12. The number of nitrogens with one attached hydrogen (secondary N) is 1. The van der Waals surface area contributed by atoms with Gasteiger partial charge in [0.1, 0.15) is 11.5 Å². The van der Waals surface area contributed by atoms with Crippen LogP contribution in [0.1, 0.15) is 33.9 Å². The molecule has 2 heterocycles. The van der Waals surface area contributed by atoms with Crippen LogP contribution < -0.4 is 5.32 Å². The summed E-state index contributed by atoms with van der Waals surface area (Å²) in [5, 5.41) is 8.55. The van der Waals surface area contributed by atoms with E-state index in [1.54, 1.807) is 13.0 Å². The highest BCUT2D eigenvalue weighted by molar-refractivity contribution is 5.95. The molecule has 3 aromatic rings. The fourth-order valence-corrected chi connectivity index (χ4v) is 2.81. The third-order valence-electron chi connectivity index (χ3n) is 4.02. The normalized spacial score (nSPS) is 11.1. The van der Waals surface area contributed by atoms with Crippen LogP contribution in [0.5, 0.6) is 0 Å². The molecule has 5 heteroatoms. The van der Waals surface area contributed by atoms with Gasteiger partial charge in [0.15, 0.2) is 0 Å². The zero-order valence-corrected chi connectivity index (χ0v) is 13.7. The molecule has 3 rings (SSSR count). The molecule has 0 unspecified atom stereocenters. The van der Waals surface area contributed by atoms with Crippen molar-refractivity contribution in [2.75, 3.05) is 6.54 Å². The number of rotatable bonds is 5. The maximum Gasteiger partial charge on any atom is 0.254 e. The summed E-state index contributed by atoms with van der Waals surface area (Å²) in [6, 6.07) is 7.98. The zero-order chi connectivity index (χ0) is 16.4. The largest absolute Gasteiger partial charge is 0.466 e. The topological polar surface area (TPSA) is 60.1 Å². The zero-order valence-electron chi connectivity index (χ0n) is 13.7. The molecule has 0 atom stereocenters. The standard InChI is InChI=1S/C18H21N3O2/c1-12-6-4-7-17-16(12)11-20-21(17)9-5-8-19-18(22)15-10-13(2)23-14(15)3/h4,6-7,10-11H,5,8-9H2,1-3H3,(H,19,22). The highest BCUT2D eigenvalue weighted by Gasteiger charge is 2.12. The van der Waals surface area contributed by atoms with Gasteiger partial charge < -0.3 is 9.73 Å². The third-order valence-corrected chi connectivity index (χ3v) is 4.02. The van der Waals surface area contributed by atoms with E-state index in [-0.39, 0.29) is 5.91 Å². The smallest absolute Gasteiger partial charge is 0.254 e. The Bertz CT molecular complexity index is 845. The van der Waals surface area contributed by atoms with Crippen molar-refractivity contribution in [1.82, 2.24) is 15.1 Å². The number of carbonyl (C=O) groups excluding carboxylic acids is 1. The van der Waals surface area contributed by atoms with E-state index in [1.807, 2.05) is 23.9 Å². The molecule has 23 heavy (non-hydrogen) atoms. The summed E-state index contributed by atoms with van der Waals surface area (Å²) in [5.74, 6) is 1.33. The lowest BCUT2D eigenvalue weighted by Crippen LogP contribution is -2.25. The number of hydrogen-bond acceptors (Lipinski definition) is 3. The second-order valence-corrected chi connectivity index (χ2v) is 5.81. The molecule has 0 radical (unpaired) electrons. The number of aryl methyl sites for hydroxylation is 4. The quantitative estimate of drug-likeness (QED) is 0.735. The van der Waals surface area contributed by atoms with E-state index >= 15 is 0 Å². The molecule has 5 nitrogen and oxygen atoms in total. The Morgan fingerprint density at radius 2 is 2.13 bits per heavy atom. The van der Waals surface area contributed by atoms with Gasteiger partial charge in [0.2, 0.25) is 0 Å². The molecule has 2 aromatic heterocycles. The molecule has 0 fully saturated rings. The molecule has 0 aliphatic heterocycles. The van der Waals surface area contributed by atoms with Gasteiger partial charge in [-0.15, -0.1) is 0 Å². The summed E-state index contributed by atoms with van der Waals surface area (Å²) in [5.41, 5.74) is 2.98. The predicted molar refractivity (Wildman–Crippen MR) is 89.6 cm³/mol. The molecule has 0 spiro atoms. The van der Waals surface area contributed by atoms with Crippen molar-refractivity contribution in [3.63, 3.8) is 0 Å². The maximum atomic E-state index is 12.1. The van der Waals surface area contributed by atoms with E-state index in [1.165, 1.54) is 10.9 Å². The molecule has 0 bridgehead atoms. The lowest BCUT2D eigenvalue weighted by Gasteiger charge is -2.06. The number of amides is 1. The average Bonchev–Trinajstić information content (AvgIpc) is 3.08. The van der Waals surface area contributed by atoms with Gasteiger partial charge >= 0.3 is 0 Å². The second-order valence-electron chi connectivity index (χ2n) is 5.81. The van der Waals surface area contributed by atoms with Crippen LogP contribution in [-0.4, -0.2) is 22.2 Å². The summed E-state index contributed by atoms with van der Waals surface area (Å²) in [4.78, 5) is 12.1. The monoisotopic (exact) mass is 311 g/mol. The molecule has 1 amide bonds. The Morgan fingerprint density at radius 1 is 1.30 bits per heavy atom. The minimum atomic E-state index is -0.0829. The van der Waals surface area contributed by atoms with E-state index in [9.17, 15) is 4.79 Å². The first-order chi connectivity index (χ1) is 11.1. The van der Waals surface area contributed by atoms with Crippen LogP contribution >= 0.6 is 0 Å². The first-order valence-corrected chi connectivity index (χ1v) is 7.82. The van der Waals surface area contributed by atoms with Gasteiger partial charge in [-0.25, -0.2) is 0 Å². The number of aromatic nitrogens is 2. The Morgan fingerprint density at radius 3 is 2.87 bits per heavy atom. The van der Waals surface area contributed by atoms with Gasteiger partial charge in [-0.2, -0.15) is 5.10 Å². The van der Waals surface area contributed by atoms with Crippen molar-refractivity contribution < 1.29 is 9.21 Å². The summed E-state index contributed by atoms with van der Waals surface area (Å²) < 4.78 is 7.37. The molecule has 0 aliphatic rings. The van der Waals surface area contributed by atoms with Crippen molar-refractivity contribution in [2.24, 2.45) is 0 Å². The van der Waals surface area contributed by atoms with Crippen LogP contribution in [-0.2, 0) is 6.54 Å². The van der Waals surface area contributed by atoms with Crippen molar-refractivity contribution in [3.05, 3.63) is 53.1 Å². The molecule has 1 N–H and O–H groups in total. The van der Waals surface area contributed by atoms with E-state index < -0.39 is 0 Å². The lowest BCUT2D eigenvalue weighted by atomic mass is 10.1. The third kappa shape index (κ3) is 3.13. The molecule has 1 aromatic carbocycles. The second kappa shape index (κ2) is 6.28. The number of fused-ring (bicyclic) bond motifs is 1. The molecule has 0 saturated carbocycles. The summed E-state index contributed by atoms with van der Waals surface area (Å²) in [7, 11) is 0. The molecular weight excluding hydrogens is 290 g/mol. The Balaban J connectivity index is 1.56. The Hall–Kier alpha value is -2.56. The SMILES string of the molecule is Cc1cc(C(=O)NCCCn2ncc3c(C)cccc32)c(C)o1. The number of benzene rings is 1. The number of furan rings is 1. The first kappa shape index (κ1) is 15.3. The van der Waals surface area contributed by atoms with Gasteiger partial charge in [0.25, 0.3) is 5.91 Å². The minimum Gasteiger partial charge on any atom is -0.466 e. The molecule has 120 valence electrons. The Labute approximate surface area is 135 Å². The summed E-state index contributed by atoms with van der Waals surface area (Å²) >= 11 is 0. The van der Waals surface area contributed by atoms with Crippen molar-refractivity contribution in [2.45, 2.75) is 33.7 Å². The first-order valence-electron chi connectivity index (χ1n) is 7.82. The molecular formula is C18H21N3O2. The number of hydrogen-bond donors (Lipinski definition) is 1. The van der Waals surface area contributed by atoms with Gasteiger partial charge in [0, 0.05) is 18.5 Å². The lowest BCUT2D eigenvalue weighted by molar-refractivity contribution is 0.0951. The van der Waals surface area contributed by atoms with E-state index in [4.69, 9.17) is 4.42 Å². The van der Waals surface area contributed by atoms with Gasteiger partial charge in [-0.05, 0) is 44.9 Å². The van der Waals surface area contributed by atoms with Crippen LogP contribution in [0.15, 0.2) is 34.9 Å². The van der Waals surface area contributed by atoms with Crippen molar-refractivity contribution in [1.29, 1.82) is 0 Å². The van der Waals surface area contributed by atoms with Crippen molar-refractivity contribution in [3.8, 4) is 0 Å². The van der Waals surface area contributed by atoms with Crippen LogP contribution in [0, 0.1) is 20.8 Å². The van der Waals surface area contributed by atoms with Crippen LogP contribution in [0.25, 0.3) is 10.9 Å². The van der Waals surface area contributed by atoms with Gasteiger partial charge in [-0.3, -0.25) is 9.48 Å². The van der Waals surface area contributed by atoms with Gasteiger partial charge in [0.05, 0.1) is 17.3 Å². The Kier molecular flexibility index (Phi) is 4.19. The predicted octanol–water partition coefficient (Wildman–Crippen LogP) is 3.37. The van der Waals surface area contributed by atoms with Crippen LogP contribution in [0.4, 0.5) is 0 Å². The van der Waals surface area contributed by atoms with E-state index in [0.29, 0.717) is 17.9 Å². The number of carbonyl (C=O) groups is 1. The minimum absolute atomic E-state index is 0.0829. The summed E-state index contributed by atoms with van der Waals surface area (Å²) in [6.07, 6.45) is 2.73. The number of nitrogens with zero attached hydrogens (tertiary/aromatic N) is 2. The van der Waals surface area contributed by atoms with E-state index in [2.05, 4.69) is 29.5 Å². The molecule has 0 saturated heterocycles. The van der Waals surface area contributed by atoms with E-state index in [0.717, 1.165) is 24.2 Å². The average molecular weight is 311 g/mol. The molecule has 0 aliphatic carbocycles. The van der Waals surface area contributed by atoms with Crippen molar-refractivity contribution >= 4 is 16.8 Å². The highest BCUT2D eigenvalue weighted by Crippen LogP contribution is 2.17. The fourth-order valence-electron chi connectivity index (χ4n) is 2.81. The fraction of sp³-hybridized carbons (Fsp3) is 0.333. The highest BCUT2D eigenvalue weighted by atomic mass is 16.3. The van der Waals surface area contributed by atoms with Gasteiger partial charge in [-0.1, -0.05) is 12.1 Å². The van der Waals surface area contributed by atoms with Crippen LogP contribution in [0.2, 0.25) is 0 Å².